The van der Waals surface area contributed by atoms with Crippen LogP contribution < -0.4 is 0 Å². The minimum absolute atomic E-state index is 0.239. The number of piperazine rings is 1. The predicted molar refractivity (Wildman–Crippen MR) is 101 cm³/mol. The Labute approximate surface area is 155 Å². The van der Waals surface area contributed by atoms with Gasteiger partial charge in [-0.15, -0.1) is 11.3 Å². The highest BCUT2D eigenvalue weighted by Crippen LogP contribution is 2.49. The van der Waals surface area contributed by atoms with Crippen LogP contribution in [-0.2, 0) is 16.8 Å². The van der Waals surface area contributed by atoms with Crippen LogP contribution in [0.3, 0.4) is 0 Å². The third-order valence-electron chi connectivity index (χ3n) is 5.18. The fourth-order valence-electron chi connectivity index (χ4n) is 3.55. The number of amides is 1. The fourth-order valence-corrected chi connectivity index (χ4v) is 4.57. The molecule has 3 nitrogen and oxygen atoms in total. The first-order valence-electron chi connectivity index (χ1n) is 8.48. The molecule has 0 radical (unpaired) electrons. The lowest BCUT2D eigenvalue weighted by molar-refractivity contribution is -0.135. The van der Waals surface area contributed by atoms with Crippen molar-refractivity contribution in [3.05, 3.63) is 56.7 Å². The minimum atomic E-state index is -0.239. The van der Waals surface area contributed by atoms with Crippen molar-refractivity contribution in [2.75, 3.05) is 26.2 Å². The summed E-state index contributed by atoms with van der Waals surface area (Å²) < 4.78 is 1.07. The molecule has 1 aliphatic heterocycles. The molecule has 1 aromatic heterocycles. The van der Waals surface area contributed by atoms with Crippen molar-refractivity contribution in [1.29, 1.82) is 0 Å². The Kier molecular flexibility index (Phi) is 4.50. The highest BCUT2D eigenvalue weighted by molar-refractivity contribution is 9.10. The number of carbonyl (C=O) groups excluding carboxylic acids is 1. The van der Waals surface area contributed by atoms with Crippen molar-refractivity contribution in [1.82, 2.24) is 9.80 Å². The first kappa shape index (κ1) is 16.3. The summed E-state index contributed by atoms with van der Waals surface area (Å²) >= 11 is 5.29. The smallest absolute Gasteiger partial charge is 0.233 e. The maximum atomic E-state index is 13.1. The lowest BCUT2D eigenvalue weighted by Crippen LogP contribution is -2.51. The first-order valence-corrected chi connectivity index (χ1v) is 10.1. The van der Waals surface area contributed by atoms with Gasteiger partial charge in [-0.1, -0.05) is 34.1 Å². The molecule has 1 saturated heterocycles. The van der Waals surface area contributed by atoms with E-state index in [0.717, 1.165) is 50.0 Å². The summed E-state index contributed by atoms with van der Waals surface area (Å²) in [4.78, 5) is 19.0. The maximum Gasteiger partial charge on any atom is 0.233 e. The van der Waals surface area contributed by atoms with Crippen LogP contribution in [0.15, 0.2) is 46.3 Å². The van der Waals surface area contributed by atoms with Gasteiger partial charge in [-0.05, 0) is 42.0 Å². The van der Waals surface area contributed by atoms with Gasteiger partial charge < -0.3 is 4.90 Å². The number of hydrogen-bond donors (Lipinski definition) is 0. The van der Waals surface area contributed by atoms with Gasteiger partial charge in [-0.2, -0.15) is 0 Å². The molecular weight excluding hydrogens is 384 g/mol. The van der Waals surface area contributed by atoms with Crippen LogP contribution in [0.5, 0.6) is 0 Å². The highest BCUT2D eigenvalue weighted by atomic mass is 79.9. The number of benzene rings is 1. The van der Waals surface area contributed by atoms with Crippen LogP contribution >= 0.6 is 27.3 Å². The Morgan fingerprint density at radius 3 is 2.38 bits per heavy atom. The van der Waals surface area contributed by atoms with Crippen LogP contribution in [0, 0.1) is 0 Å². The summed E-state index contributed by atoms with van der Waals surface area (Å²) in [5.41, 5.74) is 0.938. The van der Waals surface area contributed by atoms with Crippen LogP contribution in [0.25, 0.3) is 0 Å². The monoisotopic (exact) mass is 404 g/mol. The third kappa shape index (κ3) is 3.17. The van der Waals surface area contributed by atoms with Crippen molar-refractivity contribution in [2.45, 2.75) is 24.8 Å². The summed E-state index contributed by atoms with van der Waals surface area (Å²) in [6, 6.07) is 12.6. The van der Waals surface area contributed by atoms with E-state index in [2.05, 4.69) is 55.4 Å². The third-order valence-corrected chi connectivity index (χ3v) is 6.57. The van der Waals surface area contributed by atoms with Gasteiger partial charge in [-0.25, -0.2) is 0 Å². The van der Waals surface area contributed by atoms with E-state index in [4.69, 9.17) is 0 Å². The van der Waals surface area contributed by atoms with Crippen molar-refractivity contribution >= 4 is 33.2 Å². The lowest BCUT2D eigenvalue weighted by atomic mass is 9.94. The summed E-state index contributed by atoms with van der Waals surface area (Å²) in [5, 5.41) is 2.13. The SMILES string of the molecule is O=C(N1CCN(Cc2cccs2)CC1)C1(c2ccc(Br)cc2)CC1. The fraction of sp³-hybridized carbons (Fsp3) is 0.421. The number of carbonyl (C=O) groups is 1. The summed E-state index contributed by atoms with van der Waals surface area (Å²) in [5.74, 6) is 0.334. The van der Waals surface area contributed by atoms with Gasteiger partial charge >= 0.3 is 0 Å². The molecule has 0 N–H and O–H groups in total. The standard InChI is InChI=1S/C19H21BrN2OS/c20-16-5-3-15(4-6-16)19(7-8-19)18(23)22-11-9-21(10-12-22)14-17-2-1-13-24-17/h1-6,13H,7-12,14H2. The largest absolute Gasteiger partial charge is 0.339 e. The van der Waals surface area contributed by atoms with Crippen molar-refractivity contribution in [3.8, 4) is 0 Å². The Hall–Kier alpha value is -1.17. The predicted octanol–water partition coefficient (Wildman–Crippen LogP) is 3.89. The second-order valence-corrected chi connectivity index (χ2v) is 8.68. The maximum absolute atomic E-state index is 13.1. The molecule has 1 amide bonds. The second-order valence-electron chi connectivity index (χ2n) is 6.74. The van der Waals surface area contributed by atoms with Crippen LogP contribution in [0.2, 0.25) is 0 Å². The molecule has 2 fully saturated rings. The number of nitrogens with zero attached hydrogens (tertiary/aromatic N) is 2. The normalized spacial score (nSPS) is 20.1. The molecule has 1 aromatic carbocycles. The Morgan fingerprint density at radius 1 is 1.08 bits per heavy atom. The van der Waals surface area contributed by atoms with E-state index in [-0.39, 0.29) is 5.41 Å². The molecule has 4 rings (SSSR count). The van der Waals surface area contributed by atoms with Crippen molar-refractivity contribution in [3.63, 3.8) is 0 Å². The van der Waals surface area contributed by atoms with E-state index in [1.54, 1.807) is 0 Å². The van der Waals surface area contributed by atoms with E-state index in [9.17, 15) is 4.79 Å². The topological polar surface area (TPSA) is 23.6 Å². The second kappa shape index (κ2) is 6.62. The zero-order chi connectivity index (χ0) is 16.6. The Bertz CT molecular complexity index is 701. The van der Waals surface area contributed by atoms with Gasteiger partial charge in [-0.3, -0.25) is 9.69 Å². The summed E-state index contributed by atoms with van der Waals surface area (Å²) in [6.07, 6.45) is 1.98. The zero-order valence-corrected chi connectivity index (χ0v) is 16.0. The average molecular weight is 405 g/mol. The van der Waals surface area contributed by atoms with Gasteiger partial charge in [0.15, 0.2) is 0 Å². The first-order chi connectivity index (χ1) is 11.7. The molecular formula is C19H21BrN2OS. The van der Waals surface area contributed by atoms with Gasteiger partial charge in [0.2, 0.25) is 5.91 Å². The van der Waals surface area contributed by atoms with Gasteiger partial charge in [0.25, 0.3) is 0 Å². The quantitative estimate of drug-likeness (QED) is 0.771. The Balaban J connectivity index is 1.38. The van der Waals surface area contributed by atoms with E-state index >= 15 is 0 Å². The van der Waals surface area contributed by atoms with Crippen molar-refractivity contribution < 1.29 is 4.79 Å². The molecule has 126 valence electrons. The molecule has 0 atom stereocenters. The molecule has 1 aliphatic carbocycles. The minimum Gasteiger partial charge on any atom is -0.339 e. The molecule has 0 spiro atoms. The number of rotatable bonds is 4. The van der Waals surface area contributed by atoms with Crippen LogP contribution in [-0.4, -0.2) is 41.9 Å². The molecule has 0 bridgehead atoms. The molecule has 2 aromatic rings. The van der Waals surface area contributed by atoms with Gasteiger partial charge in [0.05, 0.1) is 5.41 Å². The van der Waals surface area contributed by atoms with Crippen molar-refractivity contribution in [2.24, 2.45) is 0 Å². The van der Waals surface area contributed by atoms with Gasteiger partial charge in [0.1, 0.15) is 0 Å². The summed E-state index contributed by atoms with van der Waals surface area (Å²) in [7, 11) is 0. The number of halogens is 1. The molecule has 0 unspecified atom stereocenters. The lowest BCUT2D eigenvalue weighted by Gasteiger charge is -2.36. The molecule has 5 heteroatoms. The summed E-state index contributed by atoms with van der Waals surface area (Å²) in [6.45, 7) is 4.66. The van der Waals surface area contributed by atoms with E-state index < -0.39 is 0 Å². The van der Waals surface area contributed by atoms with Crippen LogP contribution in [0.4, 0.5) is 0 Å². The molecule has 2 aliphatic rings. The number of hydrogen-bond acceptors (Lipinski definition) is 3. The zero-order valence-electron chi connectivity index (χ0n) is 13.6. The van der Waals surface area contributed by atoms with Gasteiger partial charge in [0, 0.05) is 42.1 Å². The van der Waals surface area contributed by atoms with Crippen LogP contribution in [0.1, 0.15) is 23.3 Å². The van der Waals surface area contributed by atoms with E-state index in [0.29, 0.717) is 5.91 Å². The van der Waals surface area contributed by atoms with E-state index in [1.807, 2.05) is 23.5 Å². The molecule has 1 saturated carbocycles. The molecule has 24 heavy (non-hydrogen) atoms. The molecule has 2 heterocycles. The van der Waals surface area contributed by atoms with E-state index in [1.165, 1.54) is 10.4 Å². The Morgan fingerprint density at radius 2 is 1.79 bits per heavy atom. The average Bonchev–Trinajstić information content (AvgIpc) is 3.26. The highest BCUT2D eigenvalue weighted by Gasteiger charge is 2.53. The number of thiophene rings is 1.